The largest absolute Gasteiger partial charge is 0.478 e. The van der Waals surface area contributed by atoms with E-state index in [1.54, 1.807) is 0 Å². The van der Waals surface area contributed by atoms with Crippen LogP contribution in [-0.4, -0.2) is 27.1 Å². The Kier molecular flexibility index (Phi) is 5.15. The van der Waals surface area contributed by atoms with E-state index in [9.17, 15) is 9.59 Å². The SMILES string of the molecule is O=C(O)/C=C\C(=O)O.c1ccc(C2NCc3cccc4[nH]cc2c34)cc1. The Hall–Kier alpha value is -3.38. The summed E-state index contributed by atoms with van der Waals surface area (Å²) in [7, 11) is 0. The average molecular weight is 350 g/mol. The highest BCUT2D eigenvalue weighted by Crippen LogP contribution is 2.34. The lowest BCUT2D eigenvalue weighted by Crippen LogP contribution is -2.25. The normalized spacial score (nSPS) is 15.5. The Labute approximate surface area is 149 Å². The third-order valence-corrected chi connectivity index (χ3v) is 4.13. The van der Waals surface area contributed by atoms with Gasteiger partial charge in [0.1, 0.15) is 0 Å². The molecule has 4 rings (SSSR count). The zero-order chi connectivity index (χ0) is 18.5. The molecule has 2 heterocycles. The van der Waals surface area contributed by atoms with Crippen molar-refractivity contribution in [2.24, 2.45) is 0 Å². The maximum absolute atomic E-state index is 9.55. The van der Waals surface area contributed by atoms with E-state index in [4.69, 9.17) is 10.2 Å². The van der Waals surface area contributed by atoms with Crippen LogP contribution >= 0.6 is 0 Å². The molecule has 0 spiro atoms. The molecule has 1 aliphatic heterocycles. The van der Waals surface area contributed by atoms with Gasteiger partial charge in [-0.25, -0.2) is 9.59 Å². The zero-order valence-corrected chi connectivity index (χ0v) is 13.8. The Morgan fingerprint density at radius 3 is 2.31 bits per heavy atom. The number of aromatic nitrogens is 1. The molecule has 2 aromatic carbocycles. The van der Waals surface area contributed by atoms with Crippen LogP contribution in [0.3, 0.4) is 0 Å². The van der Waals surface area contributed by atoms with Crippen molar-refractivity contribution in [1.82, 2.24) is 10.3 Å². The van der Waals surface area contributed by atoms with Crippen molar-refractivity contribution in [3.8, 4) is 0 Å². The van der Waals surface area contributed by atoms with Gasteiger partial charge in [-0.1, -0.05) is 42.5 Å². The molecule has 6 heteroatoms. The van der Waals surface area contributed by atoms with Gasteiger partial charge in [0, 0.05) is 35.8 Å². The lowest BCUT2D eigenvalue weighted by atomic mass is 9.92. The first kappa shape index (κ1) is 17.4. The standard InChI is InChI=1S/C16H14N2.C4H4O4/c1-2-5-11(6-3-1)16-13-10-17-14-8-4-7-12(9-18-16)15(13)14;5-3(6)1-2-4(7)8/h1-8,10,16-18H,9H2;1-2H,(H,5,6)(H,7,8)/b;2-1-. The summed E-state index contributed by atoms with van der Waals surface area (Å²) in [6.45, 7) is 0.932. The molecule has 1 unspecified atom stereocenters. The lowest BCUT2D eigenvalue weighted by Gasteiger charge is -2.24. The first-order chi connectivity index (χ1) is 12.6. The minimum Gasteiger partial charge on any atom is -0.478 e. The summed E-state index contributed by atoms with van der Waals surface area (Å²) in [5.41, 5.74) is 5.31. The molecule has 1 aliphatic rings. The minimum absolute atomic E-state index is 0.301. The van der Waals surface area contributed by atoms with Gasteiger partial charge >= 0.3 is 11.9 Å². The summed E-state index contributed by atoms with van der Waals surface area (Å²) in [5, 5.41) is 20.6. The van der Waals surface area contributed by atoms with E-state index in [1.807, 2.05) is 0 Å². The molecule has 3 aromatic rings. The van der Waals surface area contributed by atoms with Crippen LogP contribution in [0.25, 0.3) is 10.9 Å². The predicted octanol–water partition coefficient (Wildman–Crippen LogP) is 3.07. The van der Waals surface area contributed by atoms with Crippen LogP contribution in [0.2, 0.25) is 0 Å². The summed E-state index contributed by atoms with van der Waals surface area (Å²) in [6, 6.07) is 17.4. The maximum Gasteiger partial charge on any atom is 0.328 e. The Morgan fingerprint density at radius 1 is 0.962 bits per heavy atom. The molecule has 1 aromatic heterocycles. The van der Waals surface area contributed by atoms with Gasteiger partial charge in [0.25, 0.3) is 0 Å². The van der Waals surface area contributed by atoms with Gasteiger partial charge < -0.3 is 20.5 Å². The molecule has 0 saturated carbocycles. The number of hydrogen-bond donors (Lipinski definition) is 4. The topological polar surface area (TPSA) is 102 Å². The Morgan fingerprint density at radius 2 is 1.65 bits per heavy atom. The van der Waals surface area contributed by atoms with Gasteiger partial charge in [0.15, 0.2) is 0 Å². The Balaban J connectivity index is 0.000000211. The first-order valence-electron chi connectivity index (χ1n) is 8.07. The number of benzene rings is 2. The van der Waals surface area contributed by atoms with Crippen LogP contribution in [-0.2, 0) is 16.1 Å². The van der Waals surface area contributed by atoms with Gasteiger partial charge in [-0.3, -0.25) is 0 Å². The van der Waals surface area contributed by atoms with Crippen LogP contribution in [0.4, 0.5) is 0 Å². The summed E-state index contributed by atoms with van der Waals surface area (Å²) >= 11 is 0. The van der Waals surface area contributed by atoms with Gasteiger partial charge in [0.05, 0.1) is 6.04 Å². The molecule has 0 saturated heterocycles. The fraction of sp³-hybridized carbons (Fsp3) is 0.100. The summed E-state index contributed by atoms with van der Waals surface area (Å²) < 4.78 is 0. The number of nitrogens with one attached hydrogen (secondary N) is 2. The summed E-state index contributed by atoms with van der Waals surface area (Å²) in [4.78, 5) is 22.5. The third kappa shape index (κ3) is 3.81. The highest BCUT2D eigenvalue weighted by atomic mass is 16.4. The Bertz CT molecular complexity index is 944. The van der Waals surface area contributed by atoms with Crippen molar-refractivity contribution in [3.05, 3.63) is 83.6 Å². The van der Waals surface area contributed by atoms with E-state index in [1.165, 1.54) is 27.6 Å². The van der Waals surface area contributed by atoms with E-state index in [-0.39, 0.29) is 0 Å². The second-order valence-electron chi connectivity index (χ2n) is 5.82. The number of aliphatic carboxylic acids is 2. The highest BCUT2D eigenvalue weighted by Gasteiger charge is 2.23. The number of carboxylic acids is 2. The second-order valence-corrected chi connectivity index (χ2v) is 5.82. The monoisotopic (exact) mass is 350 g/mol. The molecule has 6 nitrogen and oxygen atoms in total. The van der Waals surface area contributed by atoms with Gasteiger partial charge in [0.2, 0.25) is 0 Å². The summed E-state index contributed by atoms with van der Waals surface area (Å²) in [6.07, 6.45) is 3.25. The minimum atomic E-state index is -1.26. The quantitative estimate of drug-likeness (QED) is 0.544. The smallest absolute Gasteiger partial charge is 0.328 e. The van der Waals surface area contributed by atoms with Crippen molar-refractivity contribution < 1.29 is 19.8 Å². The fourth-order valence-corrected chi connectivity index (χ4v) is 3.07. The lowest BCUT2D eigenvalue weighted by molar-refractivity contribution is -0.134. The average Bonchev–Trinajstić information content (AvgIpc) is 3.08. The van der Waals surface area contributed by atoms with Crippen LogP contribution in [0.15, 0.2) is 66.9 Å². The zero-order valence-electron chi connectivity index (χ0n) is 13.8. The highest BCUT2D eigenvalue weighted by molar-refractivity contribution is 5.89. The fourth-order valence-electron chi connectivity index (χ4n) is 3.07. The number of rotatable bonds is 3. The number of hydrogen-bond acceptors (Lipinski definition) is 3. The number of H-pyrrole nitrogens is 1. The molecule has 0 radical (unpaired) electrons. The number of aromatic amines is 1. The van der Waals surface area contributed by atoms with Gasteiger partial charge in [-0.15, -0.1) is 0 Å². The van der Waals surface area contributed by atoms with E-state index in [0.29, 0.717) is 18.2 Å². The molecule has 0 fully saturated rings. The molecular formula is C20H18N2O4. The molecule has 0 amide bonds. The van der Waals surface area contributed by atoms with Crippen LogP contribution < -0.4 is 5.32 Å². The number of carbonyl (C=O) groups is 2. The van der Waals surface area contributed by atoms with Crippen molar-refractivity contribution in [2.75, 3.05) is 0 Å². The van der Waals surface area contributed by atoms with Gasteiger partial charge in [-0.05, 0) is 22.8 Å². The van der Waals surface area contributed by atoms with Crippen molar-refractivity contribution >= 4 is 22.8 Å². The molecule has 1 atom stereocenters. The first-order valence-corrected chi connectivity index (χ1v) is 8.07. The van der Waals surface area contributed by atoms with Crippen LogP contribution in [0.5, 0.6) is 0 Å². The van der Waals surface area contributed by atoms with Crippen molar-refractivity contribution in [3.63, 3.8) is 0 Å². The van der Waals surface area contributed by atoms with E-state index in [2.05, 4.69) is 65.0 Å². The third-order valence-electron chi connectivity index (χ3n) is 4.13. The van der Waals surface area contributed by atoms with E-state index < -0.39 is 11.9 Å². The summed E-state index contributed by atoms with van der Waals surface area (Å²) in [5.74, 6) is -2.51. The predicted molar refractivity (Wildman–Crippen MR) is 97.8 cm³/mol. The number of carboxylic acid groups (broad SMARTS) is 2. The molecular weight excluding hydrogens is 332 g/mol. The molecule has 0 bridgehead atoms. The molecule has 132 valence electrons. The van der Waals surface area contributed by atoms with Crippen LogP contribution in [0.1, 0.15) is 22.7 Å². The van der Waals surface area contributed by atoms with Crippen molar-refractivity contribution in [2.45, 2.75) is 12.6 Å². The molecule has 4 N–H and O–H groups in total. The maximum atomic E-state index is 9.55. The molecule has 0 aliphatic carbocycles. The molecule has 26 heavy (non-hydrogen) atoms. The van der Waals surface area contributed by atoms with Crippen LogP contribution in [0, 0.1) is 0 Å². The van der Waals surface area contributed by atoms with E-state index in [0.717, 1.165) is 6.54 Å². The van der Waals surface area contributed by atoms with Crippen molar-refractivity contribution in [1.29, 1.82) is 0 Å². The van der Waals surface area contributed by atoms with E-state index >= 15 is 0 Å². The van der Waals surface area contributed by atoms with Gasteiger partial charge in [-0.2, -0.15) is 0 Å². The second kappa shape index (κ2) is 7.67.